The molecular weight excluding hydrogens is 811 g/mol. The molecule has 338 valence electrons. The first-order chi connectivity index (χ1) is 30.5. The minimum Gasteiger partial charge on any atom is -0.444 e. The maximum absolute atomic E-state index is 14.2. The summed E-state index contributed by atoms with van der Waals surface area (Å²) in [6, 6.07) is 23.6. The molecule has 5 amide bonds. The van der Waals surface area contributed by atoms with Crippen LogP contribution in [0.1, 0.15) is 127 Å². The van der Waals surface area contributed by atoms with Crippen LogP contribution in [0.5, 0.6) is 0 Å². The topological polar surface area (TPSA) is 175 Å². The molecule has 14 heteroatoms. The highest BCUT2D eigenvalue weighted by Gasteiger charge is 2.40. The molecule has 3 aliphatic rings. The highest BCUT2D eigenvalue weighted by molar-refractivity contribution is 5.93. The molecule has 3 heterocycles. The van der Waals surface area contributed by atoms with Crippen molar-refractivity contribution >= 4 is 35.5 Å². The molecule has 4 aromatic rings. The van der Waals surface area contributed by atoms with E-state index >= 15 is 0 Å². The minimum absolute atomic E-state index is 0.0700. The van der Waals surface area contributed by atoms with Gasteiger partial charge in [0.05, 0.1) is 17.9 Å². The van der Waals surface area contributed by atoms with Gasteiger partial charge in [0.15, 0.2) is 0 Å². The molecule has 0 saturated carbocycles. The van der Waals surface area contributed by atoms with Crippen LogP contribution in [0.25, 0.3) is 16.8 Å². The third-order valence-electron chi connectivity index (χ3n) is 11.7. The summed E-state index contributed by atoms with van der Waals surface area (Å²) in [5.74, 6) is -0.0522. The molecule has 2 saturated heterocycles. The first kappa shape index (κ1) is 45.6. The van der Waals surface area contributed by atoms with Crippen molar-refractivity contribution in [2.45, 2.75) is 128 Å². The van der Waals surface area contributed by atoms with Crippen LogP contribution in [0.15, 0.2) is 97.2 Å². The molecular formula is C50H61N7O7. The van der Waals surface area contributed by atoms with Crippen molar-refractivity contribution in [1.29, 1.82) is 0 Å². The molecule has 64 heavy (non-hydrogen) atoms. The van der Waals surface area contributed by atoms with Gasteiger partial charge in [-0.2, -0.15) is 0 Å². The average molecular weight is 872 g/mol. The van der Waals surface area contributed by atoms with E-state index in [2.05, 4.69) is 51.3 Å². The highest BCUT2D eigenvalue weighted by Crippen LogP contribution is 2.35. The molecule has 0 bridgehead atoms. The standard InChI is InChI=1S/C50H61N7O7/c1-49(2,3)63-47(61)54-41(35-15-9-7-10-16-35)45(59)56-29-13-19-39(56)43-51-31-38(53-43)34-23-21-32(22-24-34)33-25-27-37(28-26-33)52-44(58)40-20-14-30-57(40)46(60)42(36-17-11-8-12-18-36)55-48(62)64-50(4,5)6/h7-12,15-18,21-25,31,37,39-42H,13-14,19-20,26-30H2,1-6H3,(H,51,53)(H,52,58)(H,54,61)(H,55,62)/t37?,39?,40?,41-,42+/m1/s1. The number of benzene rings is 3. The summed E-state index contributed by atoms with van der Waals surface area (Å²) >= 11 is 0. The van der Waals surface area contributed by atoms with Crippen molar-refractivity contribution < 1.29 is 33.4 Å². The zero-order valence-corrected chi connectivity index (χ0v) is 37.7. The molecule has 5 atom stereocenters. The lowest BCUT2D eigenvalue weighted by molar-refractivity contribution is -0.140. The number of ether oxygens (including phenoxy) is 2. The van der Waals surface area contributed by atoms with Gasteiger partial charge in [-0.25, -0.2) is 14.6 Å². The smallest absolute Gasteiger partial charge is 0.408 e. The van der Waals surface area contributed by atoms with E-state index < -0.39 is 41.5 Å². The van der Waals surface area contributed by atoms with Gasteiger partial charge in [-0.05, 0) is 114 Å². The Balaban J connectivity index is 0.958. The van der Waals surface area contributed by atoms with Crippen LogP contribution >= 0.6 is 0 Å². The average Bonchev–Trinajstić information content (AvgIpc) is 4.06. The molecule has 0 spiro atoms. The second-order valence-electron chi connectivity index (χ2n) is 18.8. The number of amides is 5. The molecule has 2 aliphatic heterocycles. The van der Waals surface area contributed by atoms with Gasteiger partial charge in [-0.15, -0.1) is 0 Å². The minimum atomic E-state index is -0.991. The fourth-order valence-electron chi connectivity index (χ4n) is 8.71. The summed E-state index contributed by atoms with van der Waals surface area (Å²) in [4.78, 5) is 79.2. The number of hydrogen-bond donors (Lipinski definition) is 4. The molecule has 14 nitrogen and oxygen atoms in total. The number of rotatable bonds is 11. The zero-order valence-electron chi connectivity index (χ0n) is 37.7. The van der Waals surface area contributed by atoms with E-state index in [1.165, 1.54) is 5.57 Å². The van der Waals surface area contributed by atoms with Gasteiger partial charge in [0.25, 0.3) is 11.8 Å². The molecule has 1 aliphatic carbocycles. The second-order valence-corrected chi connectivity index (χ2v) is 18.8. The van der Waals surface area contributed by atoms with E-state index in [-0.39, 0.29) is 29.8 Å². The van der Waals surface area contributed by atoms with E-state index in [1.807, 2.05) is 48.5 Å². The highest BCUT2D eigenvalue weighted by atomic mass is 16.6. The Morgan fingerprint density at radius 2 is 1.22 bits per heavy atom. The summed E-state index contributed by atoms with van der Waals surface area (Å²) in [6.45, 7) is 11.6. The third kappa shape index (κ3) is 11.4. The Morgan fingerprint density at radius 3 is 1.77 bits per heavy atom. The molecule has 1 aromatic heterocycles. The number of imidazole rings is 1. The second kappa shape index (κ2) is 19.5. The van der Waals surface area contributed by atoms with Gasteiger partial charge in [0, 0.05) is 19.1 Å². The number of alkyl carbamates (subject to hydrolysis) is 2. The van der Waals surface area contributed by atoms with E-state index in [0.717, 1.165) is 42.5 Å². The molecule has 3 aromatic carbocycles. The summed E-state index contributed by atoms with van der Waals surface area (Å²) in [5.41, 5.74) is 3.93. The quantitative estimate of drug-likeness (QED) is 0.116. The first-order valence-electron chi connectivity index (χ1n) is 22.4. The van der Waals surface area contributed by atoms with Crippen LogP contribution < -0.4 is 16.0 Å². The van der Waals surface area contributed by atoms with Crippen molar-refractivity contribution in [2.75, 3.05) is 13.1 Å². The van der Waals surface area contributed by atoms with E-state index in [1.54, 1.807) is 69.7 Å². The lowest BCUT2D eigenvalue weighted by Gasteiger charge is -2.31. The number of aromatic nitrogens is 2. The maximum atomic E-state index is 14.2. The van der Waals surface area contributed by atoms with Crippen LogP contribution in [0.2, 0.25) is 0 Å². The fourth-order valence-corrected chi connectivity index (χ4v) is 8.71. The summed E-state index contributed by atoms with van der Waals surface area (Å²) in [5, 5.41) is 8.78. The van der Waals surface area contributed by atoms with Gasteiger partial charge in [0.2, 0.25) is 5.91 Å². The van der Waals surface area contributed by atoms with E-state index in [0.29, 0.717) is 49.3 Å². The Kier molecular flexibility index (Phi) is 13.9. The van der Waals surface area contributed by atoms with Gasteiger partial charge in [-0.1, -0.05) is 91.0 Å². The van der Waals surface area contributed by atoms with Crippen molar-refractivity contribution in [1.82, 2.24) is 35.7 Å². The number of hydrogen-bond acceptors (Lipinski definition) is 8. The molecule has 2 fully saturated rings. The van der Waals surface area contributed by atoms with Gasteiger partial charge in [-0.3, -0.25) is 14.4 Å². The van der Waals surface area contributed by atoms with Crippen LogP contribution in [-0.2, 0) is 23.9 Å². The summed E-state index contributed by atoms with van der Waals surface area (Å²) in [7, 11) is 0. The number of nitrogens with zero attached hydrogens (tertiary/aromatic N) is 3. The van der Waals surface area contributed by atoms with Crippen LogP contribution in [0.3, 0.4) is 0 Å². The predicted molar refractivity (Wildman–Crippen MR) is 243 cm³/mol. The molecule has 4 N–H and O–H groups in total. The summed E-state index contributed by atoms with van der Waals surface area (Å²) < 4.78 is 11.0. The maximum Gasteiger partial charge on any atom is 0.408 e. The van der Waals surface area contributed by atoms with Crippen molar-refractivity contribution in [2.24, 2.45) is 0 Å². The molecule has 3 unspecified atom stereocenters. The number of carbonyl (C=O) groups is 5. The third-order valence-corrected chi connectivity index (χ3v) is 11.7. The van der Waals surface area contributed by atoms with Crippen LogP contribution in [-0.4, -0.2) is 86.1 Å². The number of nitrogens with one attached hydrogen (secondary N) is 4. The number of aromatic amines is 1. The Bertz CT molecular complexity index is 2320. The van der Waals surface area contributed by atoms with Gasteiger partial charge < -0.3 is 40.2 Å². The lowest BCUT2D eigenvalue weighted by Crippen LogP contribution is -2.52. The predicted octanol–water partition coefficient (Wildman–Crippen LogP) is 8.32. The van der Waals surface area contributed by atoms with Gasteiger partial charge in [0.1, 0.15) is 35.2 Å². The number of likely N-dealkylation sites (tertiary alicyclic amines) is 2. The van der Waals surface area contributed by atoms with Gasteiger partial charge >= 0.3 is 12.2 Å². The van der Waals surface area contributed by atoms with Crippen molar-refractivity contribution in [3.05, 3.63) is 120 Å². The first-order valence-corrected chi connectivity index (χ1v) is 22.4. The number of carbonyl (C=O) groups excluding carboxylic acids is 5. The largest absolute Gasteiger partial charge is 0.444 e. The normalized spacial score (nSPS) is 19.8. The monoisotopic (exact) mass is 871 g/mol. The fraction of sp³-hybridized carbons (Fsp3) is 0.440. The SMILES string of the molecule is CC(C)(C)OC(=O)N[C@H](C(=O)N1CCCC1C(=O)NC1CC=C(c2ccc(-c3cnc(C4CCCN4C(=O)[C@H](NC(=O)OC(C)(C)C)c4ccccc4)[nH]3)cc2)CC1)c1ccccc1. The van der Waals surface area contributed by atoms with E-state index in [4.69, 9.17) is 14.5 Å². The number of H-pyrrole nitrogens is 1. The zero-order chi connectivity index (χ0) is 45.6. The lowest BCUT2D eigenvalue weighted by atomic mass is 9.90. The molecule has 7 rings (SSSR count). The Hall–Kier alpha value is -6.44. The Labute approximate surface area is 375 Å². The van der Waals surface area contributed by atoms with E-state index in [9.17, 15) is 24.0 Å². The van der Waals surface area contributed by atoms with Crippen molar-refractivity contribution in [3.8, 4) is 11.3 Å². The molecule has 0 radical (unpaired) electrons. The summed E-state index contributed by atoms with van der Waals surface area (Å²) in [6.07, 6.45) is 7.59. The van der Waals surface area contributed by atoms with Crippen molar-refractivity contribution in [3.63, 3.8) is 0 Å². The van der Waals surface area contributed by atoms with Crippen LogP contribution in [0.4, 0.5) is 9.59 Å². The van der Waals surface area contributed by atoms with Crippen LogP contribution in [0, 0.1) is 0 Å². The Morgan fingerprint density at radius 1 is 0.688 bits per heavy atom. The number of allylic oxidation sites excluding steroid dienone is 1.